The van der Waals surface area contributed by atoms with Crippen LogP contribution in [0.5, 0.6) is 5.75 Å². The van der Waals surface area contributed by atoms with Crippen molar-refractivity contribution in [3.63, 3.8) is 0 Å². The van der Waals surface area contributed by atoms with Gasteiger partial charge in [-0.25, -0.2) is 9.59 Å². The summed E-state index contributed by atoms with van der Waals surface area (Å²) in [7, 11) is 2.85. The fraction of sp³-hybridized carbons (Fsp3) is 0.350. The van der Waals surface area contributed by atoms with Crippen LogP contribution >= 0.6 is 0 Å². The van der Waals surface area contributed by atoms with Crippen LogP contribution in [0.3, 0.4) is 0 Å². The molecule has 0 saturated heterocycles. The van der Waals surface area contributed by atoms with Crippen molar-refractivity contribution >= 4 is 11.8 Å². The summed E-state index contributed by atoms with van der Waals surface area (Å²) in [5.74, 6) is -1.30. The van der Waals surface area contributed by atoms with Gasteiger partial charge < -0.3 is 14.8 Å². The second kappa shape index (κ2) is 8.13. The lowest BCUT2D eigenvalue weighted by Crippen LogP contribution is -2.43. The van der Waals surface area contributed by atoms with Crippen LogP contribution in [0.15, 0.2) is 45.1 Å². The molecule has 1 atom stereocenters. The minimum atomic E-state index is -2.98. The van der Waals surface area contributed by atoms with E-state index in [-0.39, 0.29) is 29.3 Å². The molecular formula is C20H21F2N3O5. The highest BCUT2D eigenvalue weighted by atomic mass is 19.3. The third kappa shape index (κ3) is 3.60. The minimum Gasteiger partial charge on any atom is -0.463 e. The Bertz CT molecular complexity index is 1130. The SMILES string of the molecule is CCOC(=O)C1=C(C)Nc2c(c(=O)n(C)c(=O)n2C)[C@H]1c1ccc(OC(F)F)cc1. The molecule has 1 N–H and O–H groups in total. The summed E-state index contributed by atoms with van der Waals surface area (Å²) in [5.41, 5.74) is 0.170. The first-order valence-corrected chi connectivity index (χ1v) is 9.16. The molecule has 3 rings (SSSR count). The zero-order chi connectivity index (χ0) is 22.2. The van der Waals surface area contributed by atoms with Gasteiger partial charge >= 0.3 is 18.3 Å². The molecule has 160 valence electrons. The van der Waals surface area contributed by atoms with E-state index in [1.807, 2.05) is 0 Å². The lowest BCUT2D eigenvalue weighted by Gasteiger charge is -2.30. The number of rotatable bonds is 5. The molecule has 1 aliphatic rings. The second-order valence-electron chi connectivity index (χ2n) is 6.73. The highest BCUT2D eigenvalue weighted by molar-refractivity contribution is 5.94. The van der Waals surface area contributed by atoms with Crippen LogP contribution in [0.2, 0.25) is 0 Å². The Morgan fingerprint density at radius 3 is 2.37 bits per heavy atom. The maximum absolute atomic E-state index is 13.0. The average molecular weight is 421 g/mol. The molecule has 2 aromatic rings. The van der Waals surface area contributed by atoms with E-state index in [0.29, 0.717) is 11.3 Å². The van der Waals surface area contributed by atoms with Gasteiger partial charge in [-0.15, -0.1) is 0 Å². The van der Waals surface area contributed by atoms with Crippen molar-refractivity contribution in [1.82, 2.24) is 9.13 Å². The van der Waals surface area contributed by atoms with E-state index >= 15 is 0 Å². The number of aromatic nitrogens is 2. The molecule has 1 aliphatic heterocycles. The number of carbonyl (C=O) groups excluding carboxylic acids is 1. The van der Waals surface area contributed by atoms with E-state index in [4.69, 9.17) is 4.74 Å². The van der Waals surface area contributed by atoms with Crippen LogP contribution in [0.25, 0.3) is 0 Å². The predicted octanol–water partition coefficient (Wildman–Crippen LogP) is 2.08. The largest absolute Gasteiger partial charge is 0.463 e. The van der Waals surface area contributed by atoms with Crippen LogP contribution in [0.4, 0.5) is 14.6 Å². The Labute approximate surface area is 170 Å². The number of nitrogens with zero attached hydrogens (tertiary/aromatic N) is 2. The Balaban J connectivity index is 2.27. The Kier molecular flexibility index (Phi) is 5.77. The summed E-state index contributed by atoms with van der Waals surface area (Å²) >= 11 is 0. The van der Waals surface area contributed by atoms with Gasteiger partial charge in [-0.2, -0.15) is 8.78 Å². The van der Waals surface area contributed by atoms with Crippen molar-refractivity contribution < 1.29 is 23.0 Å². The Hall–Kier alpha value is -3.43. The van der Waals surface area contributed by atoms with E-state index < -0.39 is 29.7 Å². The molecule has 0 bridgehead atoms. The monoisotopic (exact) mass is 421 g/mol. The number of carbonyl (C=O) groups is 1. The number of hydrogen-bond donors (Lipinski definition) is 1. The van der Waals surface area contributed by atoms with E-state index in [1.165, 1.54) is 42.9 Å². The normalized spacial score (nSPS) is 15.6. The number of fused-ring (bicyclic) bond motifs is 1. The Morgan fingerprint density at radius 2 is 1.80 bits per heavy atom. The third-order valence-corrected chi connectivity index (χ3v) is 4.92. The molecule has 1 aromatic carbocycles. The lowest BCUT2D eigenvalue weighted by atomic mass is 9.82. The van der Waals surface area contributed by atoms with Gasteiger partial charge in [-0.3, -0.25) is 13.9 Å². The number of anilines is 1. The molecule has 0 saturated carbocycles. The van der Waals surface area contributed by atoms with Gasteiger partial charge in [0.2, 0.25) is 0 Å². The van der Waals surface area contributed by atoms with Crippen LogP contribution in [-0.2, 0) is 23.6 Å². The van der Waals surface area contributed by atoms with Gasteiger partial charge in [0.25, 0.3) is 5.56 Å². The predicted molar refractivity (Wildman–Crippen MR) is 105 cm³/mol. The first-order valence-electron chi connectivity index (χ1n) is 9.16. The molecule has 0 aliphatic carbocycles. The van der Waals surface area contributed by atoms with Gasteiger partial charge in [0.15, 0.2) is 0 Å². The molecule has 10 heteroatoms. The van der Waals surface area contributed by atoms with Crippen LogP contribution in [0, 0.1) is 0 Å². The van der Waals surface area contributed by atoms with Crippen LogP contribution < -0.4 is 21.3 Å². The van der Waals surface area contributed by atoms with Crippen molar-refractivity contribution in [2.24, 2.45) is 14.1 Å². The molecule has 30 heavy (non-hydrogen) atoms. The molecule has 0 unspecified atom stereocenters. The van der Waals surface area contributed by atoms with Gasteiger partial charge in [0.05, 0.1) is 23.7 Å². The van der Waals surface area contributed by atoms with Gasteiger partial charge in [0.1, 0.15) is 11.6 Å². The smallest absolute Gasteiger partial charge is 0.387 e. The molecular weight excluding hydrogens is 400 g/mol. The zero-order valence-corrected chi connectivity index (χ0v) is 16.9. The van der Waals surface area contributed by atoms with Crippen LogP contribution in [-0.4, -0.2) is 28.3 Å². The molecule has 2 heterocycles. The first-order chi connectivity index (χ1) is 14.2. The number of ether oxygens (including phenoxy) is 2. The highest BCUT2D eigenvalue weighted by Gasteiger charge is 2.37. The van der Waals surface area contributed by atoms with Crippen molar-refractivity contribution in [2.75, 3.05) is 11.9 Å². The van der Waals surface area contributed by atoms with Crippen molar-refractivity contribution in [3.8, 4) is 5.75 Å². The van der Waals surface area contributed by atoms with E-state index in [9.17, 15) is 23.2 Å². The van der Waals surface area contributed by atoms with Gasteiger partial charge in [0, 0.05) is 19.8 Å². The average Bonchev–Trinajstić information content (AvgIpc) is 2.70. The number of allylic oxidation sites excluding steroid dienone is 1. The maximum Gasteiger partial charge on any atom is 0.387 e. The number of benzene rings is 1. The quantitative estimate of drug-likeness (QED) is 0.744. The van der Waals surface area contributed by atoms with Gasteiger partial charge in [-0.05, 0) is 31.5 Å². The summed E-state index contributed by atoms with van der Waals surface area (Å²) in [6.45, 7) is 0.446. The van der Waals surface area contributed by atoms with Gasteiger partial charge in [-0.1, -0.05) is 12.1 Å². The number of esters is 1. The number of nitrogens with one attached hydrogen (secondary N) is 1. The highest BCUT2D eigenvalue weighted by Crippen LogP contribution is 2.40. The number of alkyl halides is 2. The number of hydrogen-bond acceptors (Lipinski definition) is 6. The standard InChI is InChI=1S/C20H21F2N3O5/c1-5-29-18(27)13-10(2)23-16-15(17(26)25(4)20(28)24(16)3)14(13)11-6-8-12(9-7-11)30-19(21)22/h6-9,14,19,23H,5H2,1-4H3/t14-/m0/s1. The van der Waals surface area contributed by atoms with E-state index in [2.05, 4.69) is 10.1 Å². The number of halogens is 2. The fourth-order valence-corrected chi connectivity index (χ4v) is 3.54. The summed E-state index contributed by atoms with van der Waals surface area (Å²) < 4.78 is 36.8. The third-order valence-electron chi connectivity index (χ3n) is 4.92. The second-order valence-corrected chi connectivity index (χ2v) is 6.73. The maximum atomic E-state index is 13.0. The summed E-state index contributed by atoms with van der Waals surface area (Å²) in [5, 5.41) is 2.97. The van der Waals surface area contributed by atoms with E-state index in [1.54, 1.807) is 13.8 Å². The van der Waals surface area contributed by atoms with Crippen molar-refractivity contribution in [3.05, 3.63) is 67.5 Å². The minimum absolute atomic E-state index is 0.0605. The molecule has 8 nitrogen and oxygen atoms in total. The first kappa shape index (κ1) is 21.3. The Morgan fingerprint density at radius 1 is 1.17 bits per heavy atom. The van der Waals surface area contributed by atoms with E-state index in [0.717, 1.165) is 4.57 Å². The topological polar surface area (TPSA) is 91.6 Å². The summed E-state index contributed by atoms with van der Waals surface area (Å²) in [6, 6.07) is 5.64. The van der Waals surface area contributed by atoms with Crippen LogP contribution in [0.1, 0.15) is 30.9 Å². The van der Waals surface area contributed by atoms with Crippen molar-refractivity contribution in [2.45, 2.75) is 26.4 Å². The summed E-state index contributed by atoms with van der Waals surface area (Å²) in [4.78, 5) is 38.1. The zero-order valence-electron chi connectivity index (χ0n) is 16.9. The lowest BCUT2D eigenvalue weighted by molar-refractivity contribution is -0.138. The fourth-order valence-electron chi connectivity index (χ4n) is 3.54. The molecule has 0 amide bonds. The molecule has 0 radical (unpaired) electrons. The molecule has 1 aromatic heterocycles. The van der Waals surface area contributed by atoms with Crippen molar-refractivity contribution in [1.29, 1.82) is 0 Å². The summed E-state index contributed by atoms with van der Waals surface area (Å²) in [6.07, 6.45) is 0. The molecule has 0 fully saturated rings. The molecule has 0 spiro atoms.